The van der Waals surface area contributed by atoms with E-state index in [1.165, 1.54) is 11.3 Å². The second kappa shape index (κ2) is 7.39. The standard InChI is InChI=1S/C20H24N2O2/c1-3-24-19-11-7-5-9-17(19)21-20(23)12-13-22-15(2)14-16-8-4-6-10-18(16)22/h4-11,15H,3,12-14H2,1-2H3,(H,21,23). The summed E-state index contributed by atoms with van der Waals surface area (Å²) in [6.07, 6.45) is 1.50. The van der Waals surface area contributed by atoms with E-state index in [-0.39, 0.29) is 5.91 Å². The molecule has 4 nitrogen and oxygen atoms in total. The maximum absolute atomic E-state index is 12.4. The van der Waals surface area contributed by atoms with E-state index in [0.29, 0.717) is 24.8 Å². The van der Waals surface area contributed by atoms with Gasteiger partial charge < -0.3 is 15.0 Å². The fourth-order valence-corrected chi connectivity index (χ4v) is 3.26. The topological polar surface area (TPSA) is 41.6 Å². The van der Waals surface area contributed by atoms with E-state index >= 15 is 0 Å². The minimum absolute atomic E-state index is 0.0127. The first-order chi connectivity index (χ1) is 11.7. The molecule has 1 aliphatic rings. The third-order valence-corrected chi connectivity index (χ3v) is 4.39. The number of ether oxygens (including phenoxy) is 1. The molecule has 2 aromatic carbocycles. The first-order valence-corrected chi connectivity index (χ1v) is 8.55. The Kier molecular flexibility index (Phi) is 5.04. The fourth-order valence-electron chi connectivity index (χ4n) is 3.26. The summed E-state index contributed by atoms with van der Waals surface area (Å²) in [4.78, 5) is 14.7. The lowest BCUT2D eigenvalue weighted by Gasteiger charge is -2.24. The highest BCUT2D eigenvalue weighted by molar-refractivity contribution is 5.92. The highest BCUT2D eigenvalue weighted by Crippen LogP contribution is 2.31. The number of nitrogens with zero attached hydrogens (tertiary/aromatic N) is 1. The van der Waals surface area contributed by atoms with Crippen molar-refractivity contribution in [3.63, 3.8) is 0 Å². The Morgan fingerprint density at radius 3 is 2.79 bits per heavy atom. The number of hydrogen-bond donors (Lipinski definition) is 1. The van der Waals surface area contributed by atoms with Crippen LogP contribution in [0.5, 0.6) is 5.75 Å². The summed E-state index contributed by atoms with van der Waals surface area (Å²) in [5.41, 5.74) is 3.36. The van der Waals surface area contributed by atoms with Crippen LogP contribution in [0.15, 0.2) is 48.5 Å². The maximum atomic E-state index is 12.4. The zero-order chi connectivity index (χ0) is 16.9. The Labute approximate surface area is 143 Å². The SMILES string of the molecule is CCOc1ccccc1NC(=O)CCN1c2ccccc2CC1C. The minimum atomic E-state index is 0.0127. The Hall–Kier alpha value is -2.49. The summed E-state index contributed by atoms with van der Waals surface area (Å²) in [5, 5.41) is 2.97. The molecule has 3 rings (SSSR count). The monoisotopic (exact) mass is 324 g/mol. The number of carbonyl (C=O) groups is 1. The van der Waals surface area contributed by atoms with Crippen LogP contribution in [0.1, 0.15) is 25.8 Å². The van der Waals surface area contributed by atoms with E-state index in [1.807, 2.05) is 31.2 Å². The molecule has 24 heavy (non-hydrogen) atoms. The van der Waals surface area contributed by atoms with Crippen molar-refractivity contribution >= 4 is 17.3 Å². The molecule has 1 N–H and O–H groups in total. The van der Waals surface area contributed by atoms with Crippen LogP contribution in [0.3, 0.4) is 0 Å². The molecule has 2 aromatic rings. The number of rotatable bonds is 6. The summed E-state index contributed by atoms with van der Waals surface area (Å²) in [5.74, 6) is 0.729. The van der Waals surface area contributed by atoms with E-state index in [2.05, 4.69) is 41.4 Å². The minimum Gasteiger partial charge on any atom is -0.492 e. The van der Waals surface area contributed by atoms with Gasteiger partial charge in [-0.25, -0.2) is 0 Å². The van der Waals surface area contributed by atoms with Crippen LogP contribution in [0.4, 0.5) is 11.4 Å². The summed E-state index contributed by atoms with van der Waals surface area (Å²) in [6.45, 7) is 5.45. The zero-order valence-corrected chi connectivity index (χ0v) is 14.3. The van der Waals surface area contributed by atoms with Crippen LogP contribution in [0, 0.1) is 0 Å². The van der Waals surface area contributed by atoms with Gasteiger partial charge in [-0.1, -0.05) is 30.3 Å². The van der Waals surface area contributed by atoms with Gasteiger partial charge in [0.25, 0.3) is 0 Å². The summed E-state index contributed by atoms with van der Waals surface area (Å²) < 4.78 is 5.55. The van der Waals surface area contributed by atoms with Crippen LogP contribution in [0.2, 0.25) is 0 Å². The Balaban J connectivity index is 1.61. The molecule has 126 valence electrons. The van der Waals surface area contributed by atoms with E-state index < -0.39 is 0 Å². The van der Waals surface area contributed by atoms with Gasteiger partial charge in [-0.2, -0.15) is 0 Å². The molecule has 1 amide bonds. The number of fused-ring (bicyclic) bond motifs is 1. The molecule has 0 aromatic heterocycles. The molecule has 0 saturated heterocycles. The molecule has 0 aliphatic carbocycles. The number of hydrogen-bond acceptors (Lipinski definition) is 3. The lowest BCUT2D eigenvalue weighted by molar-refractivity contribution is -0.116. The van der Waals surface area contributed by atoms with Gasteiger partial charge in [0.15, 0.2) is 0 Å². The van der Waals surface area contributed by atoms with Crippen LogP contribution in [-0.2, 0) is 11.2 Å². The molecule has 1 aliphatic heterocycles. The van der Waals surface area contributed by atoms with Crippen molar-refractivity contribution in [1.29, 1.82) is 0 Å². The van der Waals surface area contributed by atoms with Crippen molar-refractivity contribution < 1.29 is 9.53 Å². The van der Waals surface area contributed by atoms with Gasteiger partial charge in [0.1, 0.15) is 5.75 Å². The normalized spacial score (nSPS) is 15.9. The molecule has 1 atom stereocenters. The number of para-hydroxylation sites is 3. The molecular formula is C20H24N2O2. The van der Waals surface area contributed by atoms with Gasteiger partial charge in [0.05, 0.1) is 12.3 Å². The molecule has 0 bridgehead atoms. The number of carbonyl (C=O) groups excluding carboxylic acids is 1. The Morgan fingerprint density at radius 1 is 1.21 bits per heavy atom. The van der Waals surface area contributed by atoms with Gasteiger partial charge in [0.2, 0.25) is 5.91 Å². The van der Waals surface area contributed by atoms with E-state index in [1.54, 1.807) is 0 Å². The average molecular weight is 324 g/mol. The van der Waals surface area contributed by atoms with Gasteiger partial charge in [-0.05, 0) is 44.0 Å². The van der Waals surface area contributed by atoms with Crippen LogP contribution < -0.4 is 15.0 Å². The van der Waals surface area contributed by atoms with Gasteiger partial charge in [-0.3, -0.25) is 4.79 Å². The molecule has 4 heteroatoms. The number of anilines is 2. The molecule has 0 fully saturated rings. The third kappa shape index (κ3) is 3.53. The average Bonchev–Trinajstić information content (AvgIpc) is 2.90. The Bertz CT molecular complexity index is 714. The highest BCUT2D eigenvalue weighted by Gasteiger charge is 2.25. The second-order valence-corrected chi connectivity index (χ2v) is 6.10. The number of benzene rings is 2. The number of amides is 1. The van der Waals surface area contributed by atoms with Crippen molar-refractivity contribution in [1.82, 2.24) is 0 Å². The van der Waals surface area contributed by atoms with Crippen LogP contribution >= 0.6 is 0 Å². The first kappa shape index (κ1) is 16.4. The molecule has 1 unspecified atom stereocenters. The molecule has 0 spiro atoms. The lowest BCUT2D eigenvalue weighted by atomic mass is 10.1. The summed E-state index contributed by atoms with van der Waals surface area (Å²) in [6, 6.07) is 16.4. The summed E-state index contributed by atoms with van der Waals surface area (Å²) >= 11 is 0. The fraction of sp³-hybridized carbons (Fsp3) is 0.350. The third-order valence-electron chi connectivity index (χ3n) is 4.39. The quantitative estimate of drug-likeness (QED) is 0.877. The smallest absolute Gasteiger partial charge is 0.226 e. The highest BCUT2D eigenvalue weighted by atomic mass is 16.5. The largest absolute Gasteiger partial charge is 0.492 e. The van der Waals surface area contributed by atoms with Crippen molar-refractivity contribution in [2.45, 2.75) is 32.7 Å². The zero-order valence-electron chi connectivity index (χ0n) is 14.3. The van der Waals surface area contributed by atoms with Gasteiger partial charge >= 0.3 is 0 Å². The first-order valence-electron chi connectivity index (χ1n) is 8.55. The predicted octanol–water partition coefficient (Wildman–Crippen LogP) is 3.87. The van der Waals surface area contributed by atoms with E-state index in [9.17, 15) is 4.79 Å². The van der Waals surface area contributed by atoms with E-state index in [0.717, 1.165) is 18.7 Å². The maximum Gasteiger partial charge on any atom is 0.226 e. The summed E-state index contributed by atoms with van der Waals surface area (Å²) in [7, 11) is 0. The van der Waals surface area contributed by atoms with Crippen molar-refractivity contribution in [3.05, 3.63) is 54.1 Å². The second-order valence-electron chi connectivity index (χ2n) is 6.10. The number of nitrogens with one attached hydrogen (secondary N) is 1. The van der Waals surface area contributed by atoms with Crippen molar-refractivity contribution in [2.75, 3.05) is 23.4 Å². The molecular weight excluding hydrogens is 300 g/mol. The van der Waals surface area contributed by atoms with Gasteiger partial charge in [0, 0.05) is 24.7 Å². The molecule has 1 heterocycles. The molecule has 0 saturated carbocycles. The Morgan fingerprint density at radius 2 is 1.96 bits per heavy atom. The van der Waals surface area contributed by atoms with Crippen LogP contribution in [0.25, 0.3) is 0 Å². The van der Waals surface area contributed by atoms with E-state index in [4.69, 9.17) is 4.74 Å². The van der Waals surface area contributed by atoms with Crippen molar-refractivity contribution in [2.24, 2.45) is 0 Å². The van der Waals surface area contributed by atoms with Gasteiger partial charge in [-0.15, -0.1) is 0 Å². The predicted molar refractivity (Wildman–Crippen MR) is 97.8 cm³/mol. The van der Waals surface area contributed by atoms with Crippen molar-refractivity contribution in [3.8, 4) is 5.75 Å². The molecule has 0 radical (unpaired) electrons. The lowest BCUT2D eigenvalue weighted by Crippen LogP contribution is -2.32. The van der Waals surface area contributed by atoms with Crippen LogP contribution in [-0.4, -0.2) is 25.1 Å².